The monoisotopic (exact) mass is 296 g/mol. The van der Waals surface area contributed by atoms with Gasteiger partial charge in [-0.2, -0.15) is 0 Å². The number of ketones is 1. The lowest BCUT2D eigenvalue weighted by atomic mass is 10.0. The van der Waals surface area contributed by atoms with Crippen LogP contribution in [0.15, 0.2) is 42.6 Å². The van der Waals surface area contributed by atoms with Gasteiger partial charge < -0.3 is 14.7 Å². The SMILES string of the molecule is Cc1[nH]c2ccccc2c1C(=O)[C@H](C)OC(=O)c1ccc[nH]1. The summed E-state index contributed by atoms with van der Waals surface area (Å²) in [4.78, 5) is 30.5. The fourth-order valence-electron chi connectivity index (χ4n) is 2.53. The van der Waals surface area contributed by atoms with Crippen LogP contribution < -0.4 is 0 Å². The highest BCUT2D eigenvalue weighted by Gasteiger charge is 2.24. The van der Waals surface area contributed by atoms with Crippen LogP contribution in [-0.2, 0) is 4.74 Å². The zero-order valence-corrected chi connectivity index (χ0v) is 12.3. The van der Waals surface area contributed by atoms with Gasteiger partial charge in [-0.25, -0.2) is 4.79 Å². The molecule has 0 aliphatic rings. The Morgan fingerprint density at radius 1 is 1.14 bits per heavy atom. The van der Waals surface area contributed by atoms with Crippen LogP contribution >= 0.6 is 0 Å². The molecule has 0 aliphatic carbocycles. The molecule has 5 nitrogen and oxygen atoms in total. The molecule has 1 atom stereocenters. The summed E-state index contributed by atoms with van der Waals surface area (Å²) >= 11 is 0. The number of hydrogen-bond donors (Lipinski definition) is 2. The second-order valence-corrected chi connectivity index (χ2v) is 5.17. The van der Waals surface area contributed by atoms with Crippen LogP contribution in [0, 0.1) is 6.92 Å². The van der Waals surface area contributed by atoms with Gasteiger partial charge in [0.2, 0.25) is 5.78 Å². The van der Waals surface area contributed by atoms with Gasteiger partial charge in [0.05, 0.1) is 0 Å². The average Bonchev–Trinajstić information content (AvgIpc) is 3.13. The van der Waals surface area contributed by atoms with E-state index in [9.17, 15) is 9.59 Å². The van der Waals surface area contributed by atoms with E-state index in [1.807, 2.05) is 31.2 Å². The lowest BCUT2D eigenvalue weighted by Crippen LogP contribution is -2.25. The Balaban J connectivity index is 1.86. The van der Waals surface area contributed by atoms with Crippen molar-refractivity contribution in [3.05, 3.63) is 59.5 Å². The minimum Gasteiger partial charge on any atom is -0.450 e. The summed E-state index contributed by atoms with van der Waals surface area (Å²) in [5.74, 6) is -0.752. The number of esters is 1. The van der Waals surface area contributed by atoms with Crippen LogP contribution in [0.25, 0.3) is 10.9 Å². The highest BCUT2D eigenvalue weighted by Crippen LogP contribution is 2.24. The van der Waals surface area contributed by atoms with Crippen molar-refractivity contribution in [2.45, 2.75) is 20.0 Å². The quantitative estimate of drug-likeness (QED) is 0.573. The van der Waals surface area contributed by atoms with E-state index < -0.39 is 12.1 Å². The molecule has 0 amide bonds. The van der Waals surface area contributed by atoms with Gasteiger partial charge in [-0.1, -0.05) is 18.2 Å². The van der Waals surface area contributed by atoms with Gasteiger partial charge in [-0.3, -0.25) is 4.79 Å². The predicted molar refractivity (Wildman–Crippen MR) is 83.0 cm³/mol. The third-order valence-corrected chi connectivity index (χ3v) is 3.61. The summed E-state index contributed by atoms with van der Waals surface area (Å²) in [7, 11) is 0. The molecule has 5 heteroatoms. The van der Waals surface area contributed by atoms with E-state index >= 15 is 0 Å². The maximum Gasteiger partial charge on any atom is 0.355 e. The summed E-state index contributed by atoms with van der Waals surface area (Å²) in [6, 6.07) is 10.9. The average molecular weight is 296 g/mol. The van der Waals surface area contributed by atoms with E-state index in [1.54, 1.807) is 25.3 Å². The molecule has 2 N–H and O–H groups in total. The van der Waals surface area contributed by atoms with Crippen molar-refractivity contribution in [1.82, 2.24) is 9.97 Å². The Labute approximate surface area is 127 Å². The van der Waals surface area contributed by atoms with Gasteiger partial charge in [-0.15, -0.1) is 0 Å². The van der Waals surface area contributed by atoms with E-state index in [4.69, 9.17) is 4.74 Å². The highest BCUT2D eigenvalue weighted by atomic mass is 16.5. The van der Waals surface area contributed by atoms with Gasteiger partial charge in [-0.05, 0) is 32.0 Å². The third kappa shape index (κ3) is 2.41. The largest absolute Gasteiger partial charge is 0.450 e. The maximum atomic E-state index is 12.6. The fourth-order valence-corrected chi connectivity index (χ4v) is 2.53. The smallest absolute Gasteiger partial charge is 0.355 e. The number of H-pyrrole nitrogens is 2. The van der Waals surface area contributed by atoms with Crippen LogP contribution in [0.4, 0.5) is 0 Å². The number of para-hydroxylation sites is 1. The van der Waals surface area contributed by atoms with Gasteiger partial charge >= 0.3 is 5.97 Å². The summed E-state index contributed by atoms with van der Waals surface area (Å²) in [5.41, 5.74) is 2.57. The number of aromatic nitrogens is 2. The standard InChI is InChI=1S/C17H16N2O3/c1-10-15(12-6-3-4-7-13(12)19-10)16(20)11(2)22-17(21)14-8-5-9-18-14/h3-9,11,18-19H,1-2H3/t11-/m0/s1. The highest BCUT2D eigenvalue weighted by molar-refractivity contribution is 6.11. The molecule has 0 saturated carbocycles. The van der Waals surface area contributed by atoms with Crippen LogP contribution in [0.3, 0.4) is 0 Å². The number of ether oxygens (including phenoxy) is 1. The Kier molecular flexibility index (Phi) is 3.55. The van der Waals surface area contributed by atoms with Gasteiger partial charge in [0.15, 0.2) is 6.10 Å². The number of fused-ring (bicyclic) bond motifs is 1. The van der Waals surface area contributed by atoms with Crippen molar-refractivity contribution in [2.75, 3.05) is 0 Å². The molecule has 3 aromatic rings. The lowest BCUT2D eigenvalue weighted by Gasteiger charge is -2.12. The first-order chi connectivity index (χ1) is 10.6. The van der Waals surface area contributed by atoms with Gasteiger partial charge in [0, 0.05) is 28.4 Å². The summed E-state index contributed by atoms with van der Waals surface area (Å²) in [6.45, 7) is 3.43. The molecule has 112 valence electrons. The molecule has 0 bridgehead atoms. The van der Waals surface area contributed by atoms with Crippen LogP contribution in [0.2, 0.25) is 0 Å². The molecule has 0 aliphatic heterocycles. The van der Waals surface area contributed by atoms with Crippen molar-refractivity contribution in [3.63, 3.8) is 0 Å². The fraction of sp³-hybridized carbons (Fsp3) is 0.176. The van der Waals surface area contributed by atoms with Crippen LogP contribution in [0.5, 0.6) is 0 Å². The third-order valence-electron chi connectivity index (χ3n) is 3.61. The normalized spacial score (nSPS) is 12.3. The molecule has 0 fully saturated rings. The van der Waals surface area contributed by atoms with Crippen molar-refractivity contribution >= 4 is 22.7 Å². The first-order valence-corrected chi connectivity index (χ1v) is 7.04. The molecule has 0 radical (unpaired) electrons. The molecule has 2 aromatic heterocycles. The van der Waals surface area contributed by atoms with Crippen molar-refractivity contribution in [1.29, 1.82) is 0 Å². The minimum absolute atomic E-state index is 0.213. The van der Waals surface area contributed by atoms with E-state index in [-0.39, 0.29) is 5.78 Å². The van der Waals surface area contributed by atoms with E-state index in [0.717, 1.165) is 16.6 Å². The first-order valence-electron chi connectivity index (χ1n) is 7.04. The van der Waals surface area contributed by atoms with E-state index in [1.165, 1.54) is 0 Å². The summed E-state index contributed by atoms with van der Waals surface area (Å²) < 4.78 is 5.25. The van der Waals surface area contributed by atoms with Crippen molar-refractivity contribution < 1.29 is 14.3 Å². The first kappa shape index (κ1) is 14.1. The molecular formula is C17H16N2O3. The number of benzene rings is 1. The number of aromatic amines is 2. The second kappa shape index (κ2) is 5.52. The van der Waals surface area contributed by atoms with E-state index in [0.29, 0.717) is 11.3 Å². The molecule has 0 unspecified atom stereocenters. The number of carbonyl (C=O) groups is 2. The second-order valence-electron chi connectivity index (χ2n) is 5.17. The number of aryl methyl sites for hydroxylation is 1. The molecule has 0 saturated heterocycles. The number of nitrogens with one attached hydrogen (secondary N) is 2. The summed E-state index contributed by atoms with van der Waals surface area (Å²) in [5, 5.41) is 0.841. The molecule has 0 spiro atoms. The van der Waals surface area contributed by atoms with Crippen molar-refractivity contribution in [3.8, 4) is 0 Å². The number of carbonyl (C=O) groups excluding carboxylic acids is 2. The van der Waals surface area contributed by atoms with Crippen molar-refractivity contribution in [2.24, 2.45) is 0 Å². The number of hydrogen-bond acceptors (Lipinski definition) is 3. The zero-order valence-electron chi connectivity index (χ0n) is 12.3. The lowest BCUT2D eigenvalue weighted by molar-refractivity contribution is 0.0314. The molecule has 1 aromatic carbocycles. The Hall–Kier alpha value is -2.82. The molecular weight excluding hydrogens is 280 g/mol. The number of rotatable bonds is 4. The molecule has 3 rings (SSSR count). The predicted octanol–water partition coefficient (Wildman–Crippen LogP) is 3.23. The number of Topliss-reactive ketones (excluding diaryl/α,β-unsaturated/α-hetero) is 1. The topological polar surface area (TPSA) is 75.0 Å². The zero-order chi connectivity index (χ0) is 15.7. The van der Waals surface area contributed by atoms with Gasteiger partial charge in [0.1, 0.15) is 5.69 Å². The Morgan fingerprint density at radius 2 is 1.91 bits per heavy atom. The minimum atomic E-state index is -0.853. The molecule has 2 heterocycles. The molecule has 22 heavy (non-hydrogen) atoms. The Bertz CT molecular complexity index is 831. The van der Waals surface area contributed by atoms with Gasteiger partial charge in [0.25, 0.3) is 0 Å². The van der Waals surface area contributed by atoms with Crippen LogP contribution in [0.1, 0.15) is 33.5 Å². The van der Waals surface area contributed by atoms with Crippen LogP contribution in [-0.4, -0.2) is 27.8 Å². The Morgan fingerprint density at radius 3 is 2.64 bits per heavy atom. The maximum absolute atomic E-state index is 12.6. The summed E-state index contributed by atoms with van der Waals surface area (Å²) in [6.07, 6.45) is 0.779. The van der Waals surface area contributed by atoms with E-state index in [2.05, 4.69) is 9.97 Å².